The Balaban J connectivity index is 0.000000134. The first-order valence-electron chi connectivity index (χ1n) is 7.40. The average molecular weight is 322 g/mol. The van der Waals surface area contributed by atoms with Crippen LogP contribution in [-0.4, -0.2) is 16.2 Å². The van der Waals surface area contributed by atoms with Crippen molar-refractivity contribution in [3.63, 3.8) is 0 Å². The van der Waals surface area contributed by atoms with Crippen LogP contribution in [0.2, 0.25) is 0 Å². The molecule has 0 aliphatic carbocycles. The van der Waals surface area contributed by atoms with Crippen molar-refractivity contribution in [2.45, 2.75) is 6.61 Å². The van der Waals surface area contributed by atoms with E-state index in [2.05, 4.69) is 0 Å². The molecule has 1 aliphatic heterocycles. The summed E-state index contributed by atoms with van der Waals surface area (Å²) in [6.07, 6.45) is 0. The Bertz CT molecular complexity index is 717. The van der Waals surface area contributed by atoms with Crippen molar-refractivity contribution in [2.75, 3.05) is 0 Å². The fourth-order valence-corrected chi connectivity index (χ4v) is 1.92. The molecule has 0 atom stereocenters. The summed E-state index contributed by atoms with van der Waals surface area (Å²) >= 11 is 0. The highest BCUT2D eigenvalue weighted by Crippen LogP contribution is 2.18. The average Bonchev–Trinajstić information content (AvgIpc) is 2.99. The van der Waals surface area contributed by atoms with E-state index in [1.165, 1.54) is 0 Å². The summed E-state index contributed by atoms with van der Waals surface area (Å²) in [6.45, 7) is 0.439. The van der Waals surface area contributed by atoms with Gasteiger partial charge in [-0.3, -0.25) is 0 Å². The molecule has 0 radical (unpaired) electrons. The summed E-state index contributed by atoms with van der Waals surface area (Å²) in [6, 6.07) is 24.9. The second-order valence-electron chi connectivity index (χ2n) is 4.90. The van der Waals surface area contributed by atoms with E-state index in [4.69, 9.17) is 14.9 Å². The summed E-state index contributed by atoms with van der Waals surface area (Å²) in [5.41, 5.74) is 1.70. The van der Waals surface area contributed by atoms with E-state index < -0.39 is 0 Å². The van der Waals surface area contributed by atoms with Gasteiger partial charge in [0.2, 0.25) is 0 Å². The molecule has 3 aromatic rings. The first kappa shape index (κ1) is 17.1. The first-order chi connectivity index (χ1) is 11.7. The van der Waals surface area contributed by atoms with Gasteiger partial charge in [0.05, 0.1) is 5.56 Å². The normalized spacial score (nSPS) is 11.1. The fraction of sp³-hybridized carbons (Fsp3) is 0.0500. The molecule has 24 heavy (non-hydrogen) atoms. The minimum Gasteiger partial charge on any atom is -0.508 e. The summed E-state index contributed by atoms with van der Waals surface area (Å²) in [5, 5.41) is 17.3. The number of para-hydroxylation sites is 2. The molecule has 4 nitrogen and oxygen atoms in total. The Morgan fingerprint density at radius 1 is 0.667 bits per heavy atom. The van der Waals surface area contributed by atoms with E-state index >= 15 is 0 Å². The standard InChI is InChI=1S/C8H6O2.2C6H6O/c9-8-7-4-2-1-3-6(7)5-10-8;2*7-6-4-2-1-3-5-6/h1-4H,5H2;2*1-5,7H. The molecular weight excluding hydrogens is 304 g/mol. The van der Waals surface area contributed by atoms with Gasteiger partial charge >= 0.3 is 5.97 Å². The number of fused-ring (bicyclic) bond motifs is 1. The lowest BCUT2D eigenvalue weighted by Gasteiger charge is -1.87. The van der Waals surface area contributed by atoms with Gasteiger partial charge in [-0.2, -0.15) is 0 Å². The highest BCUT2D eigenvalue weighted by molar-refractivity contribution is 5.93. The van der Waals surface area contributed by atoms with Crippen LogP contribution in [0.15, 0.2) is 84.9 Å². The maximum atomic E-state index is 10.8. The van der Waals surface area contributed by atoms with Crippen molar-refractivity contribution < 1.29 is 19.7 Å². The summed E-state index contributed by atoms with van der Waals surface area (Å²) in [5.74, 6) is 0.445. The van der Waals surface area contributed by atoms with Crippen LogP contribution in [0.3, 0.4) is 0 Å². The molecule has 0 fully saturated rings. The van der Waals surface area contributed by atoms with Gasteiger partial charge in [0, 0.05) is 5.56 Å². The number of aromatic hydroxyl groups is 2. The molecule has 4 rings (SSSR count). The molecule has 122 valence electrons. The summed E-state index contributed by atoms with van der Waals surface area (Å²) in [4.78, 5) is 10.8. The molecular formula is C20H18O4. The largest absolute Gasteiger partial charge is 0.508 e. The Kier molecular flexibility index (Phi) is 6.41. The van der Waals surface area contributed by atoms with Crippen molar-refractivity contribution >= 4 is 5.97 Å². The number of phenols is 2. The van der Waals surface area contributed by atoms with Crippen LogP contribution >= 0.6 is 0 Å². The number of carbonyl (C=O) groups excluding carboxylic acids is 1. The topological polar surface area (TPSA) is 66.8 Å². The number of ether oxygens (including phenoxy) is 1. The minimum atomic E-state index is -0.199. The number of cyclic esters (lactones) is 1. The number of carbonyl (C=O) groups is 1. The maximum absolute atomic E-state index is 10.8. The van der Waals surface area contributed by atoms with Crippen LogP contribution < -0.4 is 0 Å². The zero-order chi connectivity index (χ0) is 17.2. The molecule has 0 bridgehead atoms. The molecule has 0 spiro atoms. The van der Waals surface area contributed by atoms with E-state index in [9.17, 15) is 4.79 Å². The Morgan fingerprint density at radius 3 is 1.54 bits per heavy atom. The van der Waals surface area contributed by atoms with Gasteiger partial charge in [-0.25, -0.2) is 4.79 Å². The maximum Gasteiger partial charge on any atom is 0.338 e. The number of phenolic OH excluding ortho intramolecular Hbond substituents is 2. The smallest absolute Gasteiger partial charge is 0.338 e. The fourth-order valence-electron chi connectivity index (χ4n) is 1.92. The van der Waals surface area contributed by atoms with Gasteiger partial charge in [0.1, 0.15) is 18.1 Å². The molecule has 0 aromatic heterocycles. The SMILES string of the molecule is O=C1OCc2ccccc21.Oc1ccccc1.Oc1ccccc1. The van der Waals surface area contributed by atoms with Crippen molar-refractivity contribution in [1.82, 2.24) is 0 Å². The highest BCUT2D eigenvalue weighted by atomic mass is 16.5. The highest BCUT2D eigenvalue weighted by Gasteiger charge is 2.18. The van der Waals surface area contributed by atoms with E-state index in [1.807, 2.05) is 30.3 Å². The van der Waals surface area contributed by atoms with Crippen LogP contribution in [0.25, 0.3) is 0 Å². The van der Waals surface area contributed by atoms with Crippen LogP contribution in [0.4, 0.5) is 0 Å². The van der Waals surface area contributed by atoms with Crippen LogP contribution in [0.1, 0.15) is 15.9 Å². The summed E-state index contributed by atoms with van der Waals surface area (Å²) < 4.78 is 4.78. The van der Waals surface area contributed by atoms with Gasteiger partial charge in [-0.1, -0.05) is 54.6 Å². The first-order valence-corrected chi connectivity index (χ1v) is 7.40. The van der Waals surface area contributed by atoms with Crippen LogP contribution in [0.5, 0.6) is 11.5 Å². The molecule has 0 saturated carbocycles. The van der Waals surface area contributed by atoms with E-state index in [0.29, 0.717) is 23.7 Å². The van der Waals surface area contributed by atoms with Crippen molar-refractivity contribution in [2.24, 2.45) is 0 Å². The van der Waals surface area contributed by atoms with Gasteiger partial charge in [0.15, 0.2) is 0 Å². The van der Waals surface area contributed by atoms with E-state index in [1.54, 1.807) is 54.6 Å². The van der Waals surface area contributed by atoms with Gasteiger partial charge in [0.25, 0.3) is 0 Å². The molecule has 1 heterocycles. The van der Waals surface area contributed by atoms with Crippen molar-refractivity contribution in [3.8, 4) is 11.5 Å². The quantitative estimate of drug-likeness (QED) is 0.610. The van der Waals surface area contributed by atoms with Gasteiger partial charge in [-0.05, 0) is 30.3 Å². The minimum absolute atomic E-state index is 0.199. The molecule has 3 aromatic carbocycles. The third-order valence-electron chi connectivity index (χ3n) is 3.11. The molecule has 1 aliphatic rings. The van der Waals surface area contributed by atoms with Crippen LogP contribution in [0, 0.1) is 0 Å². The number of benzene rings is 3. The molecule has 4 heteroatoms. The molecule has 0 saturated heterocycles. The second-order valence-corrected chi connectivity index (χ2v) is 4.90. The van der Waals surface area contributed by atoms with E-state index in [0.717, 1.165) is 5.56 Å². The Morgan fingerprint density at radius 2 is 1.12 bits per heavy atom. The number of esters is 1. The molecule has 0 amide bonds. The predicted molar refractivity (Wildman–Crippen MR) is 91.8 cm³/mol. The monoisotopic (exact) mass is 322 g/mol. The number of rotatable bonds is 0. The molecule has 2 N–H and O–H groups in total. The van der Waals surface area contributed by atoms with Gasteiger partial charge in [-0.15, -0.1) is 0 Å². The van der Waals surface area contributed by atoms with Crippen molar-refractivity contribution in [3.05, 3.63) is 96.1 Å². The third-order valence-corrected chi connectivity index (χ3v) is 3.11. The predicted octanol–water partition coefficient (Wildman–Crippen LogP) is 4.14. The zero-order valence-electron chi connectivity index (χ0n) is 13.0. The molecule has 0 unspecified atom stereocenters. The van der Waals surface area contributed by atoms with Gasteiger partial charge < -0.3 is 14.9 Å². The Hall–Kier alpha value is -3.27. The summed E-state index contributed by atoms with van der Waals surface area (Å²) in [7, 11) is 0. The lowest BCUT2D eigenvalue weighted by molar-refractivity contribution is 0.0535. The lowest BCUT2D eigenvalue weighted by Crippen LogP contribution is -1.91. The van der Waals surface area contributed by atoms with Crippen LogP contribution in [-0.2, 0) is 11.3 Å². The third kappa shape index (κ3) is 5.50. The lowest BCUT2D eigenvalue weighted by atomic mass is 10.1. The Labute approximate surface area is 140 Å². The van der Waals surface area contributed by atoms with Crippen molar-refractivity contribution in [1.29, 1.82) is 0 Å². The van der Waals surface area contributed by atoms with E-state index in [-0.39, 0.29) is 5.97 Å². The number of hydrogen-bond acceptors (Lipinski definition) is 4. The second kappa shape index (κ2) is 9.00. The zero-order valence-corrected chi connectivity index (χ0v) is 13.0. The number of hydrogen-bond donors (Lipinski definition) is 2.